The number of benzene rings is 1. The fourth-order valence-corrected chi connectivity index (χ4v) is 1.98. The fourth-order valence-electron chi connectivity index (χ4n) is 1.78. The zero-order chi connectivity index (χ0) is 12.4. The molecule has 0 spiro atoms. The molecule has 17 heavy (non-hydrogen) atoms. The minimum atomic E-state index is -0.962. The van der Waals surface area contributed by atoms with Gasteiger partial charge in [-0.2, -0.15) is 0 Å². The highest BCUT2D eigenvalue weighted by atomic mass is 35.5. The van der Waals surface area contributed by atoms with Crippen molar-refractivity contribution in [3.05, 3.63) is 34.3 Å². The number of amides is 2. The molecule has 90 valence electrons. The summed E-state index contributed by atoms with van der Waals surface area (Å²) < 4.78 is 4.76. The molecule has 5 nitrogen and oxygen atoms in total. The molecule has 1 heterocycles. The third-order valence-corrected chi connectivity index (χ3v) is 2.81. The molecule has 0 saturated heterocycles. The van der Waals surface area contributed by atoms with Gasteiger partial charge in [0.1, 0.15) is 0 Å². The number of nitrogens with one attached hydrogen (secondary N) is 1. The molecule has 2 amide bonds. The molecule has 0 saturated carbocycles. The van der Waals surface area contributed by atoms with E-state index in [0.717, 1.165) is 11.1 Å². The van der Waals surface area contributed by atoms with Gasteiger partial charge in [0.2, 0.25) is 0 Å². The van der Waals surface area contributed by atoms with Crippen LogP contribution in [0.4, 0.5) is 4.79 Å². The molecule has 0 aliphatic carbocycles. The molecule has 2 rings (SSSR count). The summed E-state index contributed by atoms with van der Waals surface area (Å²) in [5, 5.41) is 3.24. The molecule has 1 aliphatic rings. The molecular formula is C11H11ClN2O3. The lowest BCUT2D eigenvalue weighted by atomic mass is 10.0. The Labute approximate surface area is 103 Å². The zero-order valence-electron chi connectivity index (χ0n) is 8.90. The molecule has 1 aliphatic heterocycles. The van der Waals surface area contributed by atoms with Crippen molar-refractivity contribution in [3.8, 4) is 0 Å². The molecule has 1 atom stereocenters. The van der Waals surface area contributed by atoms with E-state index in [9.17, 15) is 9.59 Å². The van der Waals surface area contributed by atoms with Crippen LogP contribution < -0.4 is 11.1 Å². The van der Waals surface area contributed by atoms with Crippen LogP contribution in [-0.4, -0.2) is 18.1 Å². The Morgan fingerprint density at radius 2 is 2.24 bits per heavy atom. The number of hydrogen-bond acceptors (Lipinski definition) is 3. The number of primary amides is 1. The molecular weight excluding hydrogens is 244 g/mol. The Balaban J connectivity index is 2.28. The summed E-state index contributed by atoms with van der Waals surface area (Å²) >= 11 is 5.88. The monoisotopic (exact) mass is 254 g/mol. The van der Waals surface area contributed by atoms with Gasteiger partial charge in [-0.3, -0.25) is 4.79 Å². The van der Waals surface area contributed by atoms with Crippen LogP contribution in [0.3, 0.4) is 0 Å². The molecule has 0 unspecified atom stereocenters. The fraction of sp³-hybridized carbons (Fsp3) is 0.273. The number of halogens is 1. The minimum absolute atomic E-state index is 0.282. The summed E-state index contributed by atoms with van der Waals surface area (Å²) in [5.41, 5.74) is 6.75. The Kier molecular flexibility index (Phi) is 3.19. The first-order valence-electron chi connectivity index (χ1n) is 5.07. The van der Waals surface area contributed by atoms with Gasteiger partial charge in [0.15, 0.2) is 6.10 Å². The van der Waals surface area contributed by atoms with E-state index in [1.54, 1.807) is 12.1 Å². The Morgan fingerprint density at radius 3 is 2.94 bits per heavy atom. The van der Waals surface area contributed by atoms with Crippen LogP contribution in [0.2, 0.25) is 5.02 Å². The van der Waals surface area contributed by atoms with E-state index in [2.05, 4.69) is 5.32 Å². The quantitative estimate of drug-likeness (QED) is 0.784. The maximum absolute atomic E-state index is 11.6. The van der Waals surface area contributed by atoms with Gasteiger partial charge in [-0.1, -0.05) is 17.7 Å². The van der Waals surface area contributed by atoms with Crippen LogP contribution in [0.5, 0.6) is 0 Å². The van der Waals surface area contributed by atoms with Gasteiger partial charge in [0.05, 0.1) is 0 Å². The molecule has 1 aromatic rings. The first-order valence-corrected chi connectivity index (χ1v) is 5.45. The van der Waals surface area contributed by atoms with E-state index in [1.807, 2.05) is 6.07 Å². The molecule has 3 N–H and O–H groups in total. The summed E-state index contributed by atoms with van der Waals surface area (Å²) in [6.07, 6.45) is -1.58. The summed E-state index contributed by atoms with van der Waals surface area (Å²) in [5.74, 6) is -0.351. The van der Waals surface area contributed by atoms with Crippen LogP contribution in [0.15, 0.2) is 18.2 Å². The van der Waals surface area contributed by atoms with Gasteiger partial charge in [0, 0.05) is 18.0 Å². The van der Waals surface area contributed by atoms with E-state index in [-0.39, 0.29) is 12.3 Å². The largest absolute Gasteiger partial charge is 0.436 e. The molecule has 1 aromatic carbocycles. The maximum atomic E-state index is 11.6. The predicted octanol–water partition coefficient (Wildman–Crippen LogP) is 0.976. The van der Waals surface area contributed by atoms with Gasteiger partial charge in [0.25, 0.3) is 5.91 Å². The number of carbonyl (C=O) groups excluding carboxylic acids is 2. The third kappa shape index (κ3) is 2.68. The second-order valence-corrected chi connectivity index (χ2v) is 4.20. The summed E-state index contributed by atoms with van der Waals surface area (Å²) in [6.45, 7) is 0.393. The molecule has 6 heteroatoms. The average Bonchev–Trinajstić information content (AvgIpc) is 2.39. The van der Waals surface area contributed by atoms with Crippen molar-refractivity contribution in [1.82, 2.24) is 5.32 Å². The van der Waals surface area contributed by atoms with Crippen LogP contribution in [0, 0.1) is 0 Å². The highest BCUT2D eigenvalue weighted by Crippen LogP contribution is 2.20. The smallest absolute Gasteiger partial charge is 0.405 e. The van der Waals surface area contributed by atoms with Crippen molar-refractivity contribution in [2.75, 3.05) is 0 Å². The maximum Gasteiger partial charge on any atom is 0.405 e. The van der Waals surface area contributed by atoms with E-state index in [4.69, 9.17) is 22.1 Å². The Morgan fingerprint density at radius 1 is 1.47 bits per heavy atom. The SMILES string of the molecule is NC(=O)O[C@H]1Cc2cc(Cl)ccc2CNC1=O. The minimum Gasteiger partial charge on any atom is -0.436 e. The number of hydrogen-bond donors (Lipinski definition) is 2. The van der Waals surface area contributed by atoms with Crippen LogP contribution in [0.1, 0.15) is 11.1 Å². The van der Waals surface area contributed by atoms with Crippen molar-refractivity contribution >= 4 is 23.6 Å². The lowest BCUT2D eigenvalue weighted by molar-refractivity contribution is -0.129. The first kappa shape index (κ1) is 11.7. The number of fused-ring (bicyclic) bond motifs is 1. The van der Waals surface area contributed by atoms with Crippen molar-refractivity contribution in [1.29, 1.82) is 0 Å². The molecule has 0 fully saturated rings. The van der Waals surface area contributed by atoms with Crippen molar-refractivity contribution in [3.63, 3.8) is 0 Å². The van der Waals surface area contributed by atoms with Gasteiger partial charge in [-0.25, -0.2) is 4.79 Å². The van der Waals surface area contributed by atoms with E-state index >= 15 is 0 Å². The summed E-state index contributed by atoms with van der Waals surface area (Å²) in [4.78, 5) is 22.3. The summed E-state index contributed by atoms with van der Waals surface area (Å²) in [7, 11) is 0. The number of ether oxygens (including phenoxy) is 1. The average molecular weight is 255 g/mol. The predicted molar refractivity (Wildman–Crippen MR) is 61.5 cm³/mol. The second-order valence-electron chi connectivity index (χ2n) is 3.76. The van der Waals surface area contributed by atoms with Crippen molar-refractivity contribution in [2.24, 2.45) is 5.73 Å². The van der Waals surface area contributed by atoms with Crippen LogP contribution >= 0.6 is 11.6 Å². The standard InChI is InChI=1S/C11H11ClN2O3/c12-8-2-1-6-5-14-10(15)9(17-11(13)16)4-7(6)3-8/h1-3,9H,4-5H2,(H2,13,16)(H,14,15)/t9-/m0/s1. The van der Waals surface area contributed by atoms with Gasteiger partial charge in [-0.05, 0) is 23.3 Å². The normalized spacial score (nSPS) is 18.9. The van der Waals surface area contributed by atoms with Crippen LogP contribution in [0.25, 0.3) is 0 Å². The molecule has 0 bridgehead atoms. The Hall–Kier alpha value is -1.75. The van der Waals surface area contributed by atoms with E-state index in [0.29, 0.717) is 11.6 Å². The number of carbonyl (C=O) groups is 2. The van der Waals surface area contributed by atoms with Gasteiger partial charge >= 0.3 is 6.09 Å². The van der Waals surface area contributed by atoms with Gasteiger partial charge < -0.3 is 15.8 Å². The third-order valence-electron chi connectivity index (χ3n) is 2.58. The number of nitrogens with two attached hydrogens (primary N) is 1. The van der Waals surface area contributed by atoms with E-state index < -0.39 is 12.2 Å². The molecule has 0 aromatic heterocycles. The lowest BCUT2D eigenvalue weighted by Crippen LogP contribution is -2.37. The number of rotatable bonds is 1. The topological polar surface area (TPSA) is 81.4 Å². The van der Waals surface area contributed by atoms with E-state index in [1.165, 1.54) is 0 Å². The highest BCUT2D eigenvalue weighted by molar-refractivity contribution is 6.30. The first-order chi connectivity index (χ1) is 8.06. The van der Waals surface area contributed by atoms with Gasteiger partial charge in [-0.15, -0.1) is 0 Å². The van der Waals surface area contributed by atoms with Crippen LogP contribution in [-0.2, 0) is 22.5 Å². The lowest BCUT2D eigenvalue weighted by Gasteiger charge is -2.12. The second kappa shape index (κ2) is 4.63. The summed E-state index contributed by atoms with van der Waals surface area (Å²) in [6, 6.07) is 5.35. The van der Waals surface area contributed by atoms with Crippen molar-refractivity contribution in [2.45, 2.75) is 19.1 Å². The highest BCUT2D eigenvalue weighted by Gasteiger charge is 2.26. The molecule has 0 radical (unpaired) electrons. The van der Waals surface area contributed by atoms with Crippen molar-refractivity contribution < 1.29 is 14.3 Å². The zero-order valence-corrected chi connectivity index (χ0v) is 9.66. The Bertz CT molecular complexity index is 476.